The summed E-state index contributed by atoms with van der Waals surface area (Å²) in [7, 11) is 1.87. The van der Waals surface area contributed by atoms with Crippen molar-refractivity contribution in [2.24, 2.45) is 16.8 Å². The highest BCUT2D eigenvalue weighted by atomic mass is 127. The lowest BCUT2D eigenvalue weighted by Gasteiger charge is -2.37. The maximum Gasteiger partial charge on any atom is 0.222 e. The number of nitrogens with zero attached hydrogens (tertiary/aromatic N) is 3. The monoisotopic (exact) mass is 450 g/mol. The predicted octanol–water partition coefficient (Wildman–Crippen LogP) is 2.95. The van der Waals surface area contributed by atoms with Gasteiger partial charge in [0.2, 0.25) is 5.91 Å². The number of aliphatic imine (C=N–C) groups is 1. The van der Waals surface area contributed by atoms with Gasteiger partial charge < -0.3 is 15.1 Å². The van der Waals surface area contributed by atoms with Crippen LogP contribution >= 0.6 is 24.0 Å². The number of carbonyl (C=O) groups is 1. The summed E-state index contributed by atoms with van der Waals surface area (Å²) in [6.07, 6.45) is 5.09. The molecule has 1 N–H and O–H groups in total. The molecule has 24 heavy (non-hydrogen) atoms. The van der Waals surface area contributed by atoms with Crippen molar-refractivity contribution in [3.05, 3.63) is 0 Å². The van der Waals surface area contributed by atoms with E-state index in [1.165, 1.54) is 6.42 Å². The molecule has 2 aliphatic heterocycles. The molecule has 2 heterocycles. The van der Waals surface area contributed by atoms with Crippen LogP contribution in [0.25, 0.3) is 0 Å². The Balaban J connectivity index is 0.00000288. The second kappa shape index (κ2) is 10.5. The van der Waals surface area contributed by atoms with Crippen molar-refractivity contribution in [1.82, 2.24) is 15.1 Å². The lowest BCUT2D eigenvalue weighted by atomic mass is 9.92. The third-order valence-electron chi connectivity index (χ3n) is 5.16. The molecule has 0 aromatic heterocycles. The number of nitrogens with one attached hydrogen (secondary N) is 1. The van der Waals surface area contributed by atoms with Crippen LogP contribution in [0.15, 0.2) is 4.99 Å². The lowest BCUT2D eigenvalue weighted by Crippen LogP contribution is -2.49. The van der Waals surface area contributed by atoms with Gasteiger partial charge in [0, 0.05) is 45.7 Å². The standard InChI is InChI=1S/C18H34N4O.HI/c1-5-16(22-10-6-7-17(22)23)8-9-20-18(19-4)21-12-14(2)11-15(3)13-21;/h14-16H,5-13H2,1-4H3,(H,19,20);1H. The highest BCUT2D eigenvalue weighted by Gasteiger charge is 2.27. The Bertz CT molecular complexity index is 419. The van der Waals surface area contributed by atoms with Gasteiger partial charge in [-0.2, -0.15) is 0 Å². The predicted molar refractivity (Wildman–Crippen MR) is 111 cm³/mol. The highest BCUT2D eigenvalue weighted by Crippen LogP contribution is 2.21. The summed E-state index contributed by atoms with van der Waals surface area (Å²) in [6, 6.07) is 0.370. The molecule has 1 amide bonds. The van der Waals surface area contributed by atoms with E-state index in [1.54, 1.807) is 0 Å². The van der Waals surface area contributed by atoms with Gasteiger partial charge in [-0.3, -0.25) is 9.79 Å². The Kier molecular flexibility index (Phi) is 9.37. The second-order valence-corrected chi connectivity index (χ2v) is 7.37. The molecule has 2 fully saturated rings. The van der Waals surface area contributed by atoms with Crippen LogP contribution < -0.4 is 5.32 Å². The summed E-state index contributed by atoms with van der Waals surface area (Å²) in [4.78, 5) is 20.9. The Labute approximate surface area is 164 Å². The van der Waals surface area contributed by atoms with Gasteiger partial charge in [0.15, 0.2) is 5.96 Å². The van der Waals surface area contributed by atoms with Crippen molar-refractivity contribution in [2.45, 2.75) is 58.9 Å². The average Bonchev–Trinajstić information content (AvgIpc) is 2.92. The average molecular weight is 450 g/mol. The van der Waals surface area contributed by atoms with Crippen LogP contribution in [0.1, 0.15) is 52.9 Å². The van der Waals surface area contributed by atoms with Gasteiger partial charge in [0.05, 0.1) is 0 Å². The number of carbonyl (C=O) groups excluding carboxylic acids is 1. The van der Waals surface area contributed by atoms with E-state index in [0.29, 0.717) is 11.9 Å². The van der Waals surface area contributed by atoms with Gasteiger partial charge in [-0.15, -0.1) is 24.0 Å². The van der Waals surface area contributed by atoms with E-state index in [1.807, 2.05) is 7.05 Å². The highest BCUT2D eigenvalue weighted by molar-refractivity contribution is 14.0. The van der Waals surface area contributed by atoms with Gasteiger partial charge in [0.1, 0.15) is 0 Å². The quantitative estimate of drug-likeness (QED) is 0.398. The van der Waals surface area contributed by atoms with E-state index in [-0.39, 0.29) is 24.0 Å². The summed E-state index contributed by atoms with van der Waals surface area (Å²) in [5.74, 6) is 2.80. The number of amides is 1. The van der Waals surface area contributed by atoms with Gasteiger partial charge in [-0.25, -0.2) is 0 Å². The van der Waals surface area contributed by atoms with Gasteiger partial charge in [0.25, 0.3) is 0 Å². The van der Waals surface area contributed by atoms with Crippen LogP contribution in [0.2, 0.25) is 0 Å². The topological polar surface area (TPSA) is 47.9 Å². The molecule has 0 spiro atoms. The Morgan fingerprint density at radius 1 is 1.33 bits per heavy atom. The fourth-order valence-electron chi connectivity index (χ4n) is 4.15. The van der Waals surface area contributed by atoms with Crippen LogP contribution in [0.5, 0.6) is 0 Å². The van der Waals surface area contributed by atoms with Gasteiger partial charge in [-0.1, -0.05) is 20.8 Å². The smallest absolute Gasteiger partial charge is 0.222 e. The van der Waals surface area contributed by atoms with Crippen molar-refractivity contribution in [1.29, 1.82) is 0 Å². The van der Waals surface area contributed by atoms with E-state index < -0.39 is 0 Å². The largest absolute Gasteiger partial charge is 0.356 e. The number of guanidine groups is 1. The fourth-order valence-corrected chi connectivity index (χ4v) is 4.15. The Morgan fingerprint density at radius 3 is 2.50 bits per heavy atom. The first-order chi connectivity index (χ1) is 11.0. The van der Waals surface area contributed by atoms with Crippen molar-refractivity contribution < 1.29 is 4.79 Å². The minimum atomic E-state index is 0. The van der Waals surface area contributed by atoms with Crippen LogP contribution in [0.3, 0.4) is 0 Å². The van der Waals surface area contributed by atoms with E-state index in [2.05, 4.69) is 40.9 Å². The summed E-state index contributed by atoms with van der Waals surface area (Å²) in [5.41, 5.74) is 0. The molecule has 2 aliphatic rings. The summed E-state index contributed by atoms with van der Waals surface area (Å²) in [5, 5.41) is 3.52. The van der Waals surface area contributed by atoms with Crippen molar-refractivity contribution >= 4 is 35.8 Å². The molecule has 140 valence electrons. The third kappa shape index (κ3) is 5.77. The first-order valence-corrected chi connectivity index (χ1v) is 9.30. The maximum absolute atomic E-state index is 11.9. The minimum absolute atomic E-state index is 0. The molecule has 5 nitrogen and oxygen atoms in total. The lowest BCUT2D eigenvalue weighted by molar-refractivity contribution is -0.129. The number of hydrogen-bond acceptors (Lipinski definition) is 2. The van der Waals surface area contributed by atoms with Gasteiger partial charge in [-0.05, 0) is 37.5 Å². The summed E-state index contributed by atoms with van der Waals surface area (Å²) >= 11 is 0. The van der Waals surface area contributed by atoms with Crippen LogP contribution in [-0.4, -0.2) is 60.9 Å². The van der Waals surface area contributed by atoms with Crippen LogP contribution in [0, 0.1) is 11.8 Å². The summed E-state index contributed by atoms with van der Waals surface area (Å²) < 4.78 is 0. The van der Waals surface area contributed by atoms with E-state index in [0.717, 1.165) is 69.7 Å². The number of likely N-dealkylation sites (tertiary alicyclic amines) is 2. The van der Waals surface area contributed by atoms with Crippen LogP contribution in [-0.2, 0) is 4.79 Å². The third-order valence-corrected chi connectivity index (χ3v) is 5.16. The molecule has 0 saturated carbocycles. The van der Waals surface area contributed by atoms with E-state index in [9.17, 15) is 4.79 Å². The van der Waals surface area contributed by atoms with Crippen molar-refractivity contribution in [2.75, 3.05) is 33.2 Å². The molecule has 3 unspecified atom stereocenters. The molecule has 0 bridgehead atoms. The second-order valence-electron chi connectivity index (χ2n) is 7.37. The van der Waals surface area contributed by atoms with E-state index in [4.69, 9.17) is 0 Å². The van der Waals surface area contributed by atoms with Crippen LogP contribution in [0.4, 0.5) is 0 Å². The number of piperidine rings is 1. The van der Waals surface area contributed by atoms with Crippen molar-refractivity contribution in [3.63, 3.8) is 0 Å². The number of halogens is 1. The van der Waals surface area contributed by atoms with Gasteiger partial charge >= 0.3 is 0 Å². The Morgan fingerprint density at radius 2 is 2.00 bits per heavy atom. The molecule has 6 heteroatoms. The molecule has 2 saturated heterocycles. The molecule has 0 aromatic carbocycles. The maximum atomic E-state index is 11.9. The first kappa shape index (κ1) is 21.5. The van der Waals surface area contributed by atoms with E-state index >= 15 is 0 Å². The number of rotatable bonds is 5. The molecule has 3 atom stereocenters. The fraction of sp³-hybridized carbons (Fsp3) is 0.889. The Hall–Kier alpha value is -0.530. The molecule has 0 aliphatic carbocycles. The molecular formula is C18H35IN4O. The number of hydrogen-bond donors (Lipinski definition) is 1. The molecular weight excluding hydrogens is 415 g/mol. The molecule has 2 rings (SSSR count). The minimum Gasteiger partial charge on any atom is -0.356 e. The first-order valence-electron chi connectivity index (χ1n) is 9.30. The zero-order chi connectivity index (χ0) is 16.8. The zero-order valence-corrected chi connectivity index (χ0v) is 18.1. The zero-order valence-electron chi connectivity index (χ0n) is 15.8. The molecule has 0 radical (unpaired) electrons. The molecule has 0 aromatic rings. The SMILES string of the molecule is CCC(CCNC(=NC)N1CC(C)CC(C)C1)N1CCCC1=O.I. The normalized spacial score (nSPS) is 26.3. The summed E-state index contributed by atoms with van der Waals surface area (Å²) in [6.45, 7) is 10.8. The van der Waals surface area contributed by atoms with Crippen molar-refractivity contribution in [3.8, 4) is 0 Å².